The van der Waals surface area contributed by atoms with Gasteiger partial charge in [-0.05, 0) is 19.3 Å². The van der Waals surface area contributed by atoms with Crippen LogP contribution in [0, 0.1) is 0 Å². The van der Waals surface area contributed by atoms with Gasteiger partial charge in [0.25, 0.3) is 0 Å². The zero-order chi connectivity index (χ0) is 12.4. The molecule has 0 aromatic heterocycles. The average molecular weight is 241 g/mol. The zero-order valence-corrected chi connectivity index (χ0v) is 10.1. The van der Waals surface area contributed by atoms with Crippen LogP contribution in [0.25, 0.3) is 0 Å². The van der Waals surface area contributed by atoms with Crippen LogP contribution in [0.5, 0.6) is 0 Å². The minimum atomic E-state index is -0.882. The molecule has 0 bridgehead atoms. The van der Waals surface area contributed by atoms with Crippen LogP contribution >= 0.6 is 0 Å². The van der Waals surface area contributed by atoms with Gasteiger partial charge in [0.1, 0.15) is 0 Å². The van der Waals surface area contributed by atoms with Gasteiger partial charge in [0.05, 0.1) is 6.04 Å². The molecule has 1 N–H and O–H groups in total. The highest BCUT2D eigenvalue weighted by Crippen LogP contribution is 2.19. The first kappa shape index (κ1) is 12.0. The molecule has 2 fully saturated rings. The normalized spacial score (nSPS) is 26.3. The van der Waals surface area contributed by atoms with Crippen LogP contribution in [0.4, 0.5) is 9.59 Å². The Morgan fingerprint density at radius 1 is 1.29 bits per heavy atom. The Hall–Kier alpha value is -1.46. The Morgan fingerprint density at radius 3 is 2.76 bits per heavy atom. The van der Waals surface area contributed by atoms with E-state index in [0.29, 0.717) is 13.1 Å². The van der Waals surface area contributed by atoms with Crippen molar-refractivity contribution >= 4 is 12.1 Å². The van der Waals surface area contributed by atoms with E-state index in [1.165, 1.54) is 4.90 Å². The fourth-order valence-electron chi connectivity index (χ4n) is 2.61. The van der Waals surface area contributed by atoms with Crippen molar-refractivity contribution in [2.24, 2.45) is 0 Å². The first-order valence-corrected chi connectivity index (χ1v) is 6.09. The predicted molar refractivity (Wildman–Crippen MR) is 62.0 cm³/mol. The van der Waals surface area contributed by atoms with Crippen LogP contribution in [0.15, 0.2) is 0 Å². The van der Waals surface area contributed by atoms with Crippen LogP contribution in [0.3, 0.4) is 0 Å². The lowest BCUT2D eigenvalue weighted by Gasteiger charge is -2.42. The summed E-state index contributed by atoms with van der Waals surface area (Å²) in [6.07, 6.45) is 1.83. The summed E-state index contributed by atoms with van der Waals surface area (Å²) in [5.41, 5.74) is 0. The molecule has 0 aromatic rings. The topological polar surface area (TPSA) is 64.1 Å². The van der Waals surface area contributed by atoms with Gasteiger partial charge in [-0.15, -0.1) is 0 Å². The van der Waals surface area contributed by atoms with Gasteiger partial charge in [0.15, 0.2) is 0 Å². The summed E-state index contributed by atoms with van der Waals surface area (Å²) in [4.78, 5) is 27.9. The minimum Gasteiger partial charge on any atom is -0.465 e. The maximum absolute atomic E-state index is 12.0. The average Bonchev–Trinajstić information content (AvgIpc) is 2.33. The van der Waals surface area contributed by atoms with Crippen LogP contribution < -0.4 is 0 Å². The highest BCUT2D eigenvalue weighted by molar-refractivity contribution is 5.75. The third kappa shape index (κ3) is 2.45. The van der Waals surface area contributed by atoms with Gasteiger partial charge >= 0.3 is 12.1 Å². The number of likely N-dealkylation sites (tertiary alicyclic amines) is 1. The van der Waals surface area contributed by atoms with Gasteiger partial charge in [-0.1, -0.05) is 0 Å². The molecule has 0 radical (unpaired) electrons. The quantitative estimate of drug-likeness (QED) is 0.741. The van der Waals surface area contributed by atoms with E-state index in [-0.39, 0.29) is 12.1 Å². The van der Waals surface area contributed by atoms with Crippen molar-refractivity contribution in [3.8, 4) is 0 Å². The molecule has 3 amide bonds. The number of urea groups is 1. The standard InChI is InChI=1S/C11H19N3O3/c1-12-5-3-7-14(10(12)15)9-4-2-6-13(8-9)11(16)17/h9H,2-8H2,1H3,(H,16,17)/t9-/m1/s1. The van der Waals surface area contributed by atoms with Gasteiger partial charge in [0, 0.05) is 33.2 Å². The van der Waals surface area contributed by atoms with Crippen molar-refractivity contribution in [1.29, 1.82) is 0 Å². The fourth-order valence-corrected chi connectivity index (χ4v) is 2.61. The van der Waals surface area contributed by atoms with E-state index in [0.717, 1.165) is 32.4 Å². The Kier molecular flexibility index (Phi) is 3.40. The molecule has 0 unspecified atom stereocenters. The lowest BCUT2D eigenvalue weighted by atomic mass is 10.0. The van der Waals surface area contributed by atoms with Crippen LogP contribution in [0.2, 0.25) is 0 Å². The molecule has 2 aliphatic heterocycles. The second-order valence-corrected chi connectivity index (χ2v) is 4.78. The number of amides is 3. The second kappa shape index (κ2) is 4.81. The summed E-state index contributed by atoms with van der Waals surface area (Å²) < 4.78 is 0. The number of piperidine rings is 1. The van der Waals surface area contributed by atoms with E-state index < -0.39 is 6.09 Å². The molecule has 2 heterocycles. The summed E-state index contributed by atoms with van der Waals surface area (Å²) in [6, 6.07) is 0.0867. The van der Waals surface area contributed by atoms with E-state index in [9.17, 15) is 9.59 Å². The van der Waals surface area contributed by atoms with Gasteiger partial charge in [-0.3, -0.25) is 0 Å². The second-order valence-electron chi connectivity index (χ2n) is 4.78. The van der Waals surface area contributed by atoms with Gasteiger partial charge in [-0.25, -0.2) is 9.59 Å². The van der Waals surface area contributed by atoms with Crippen molar-refractivity contribution in [3.63, 3.8) is 0 Å². The number of nitrogens with zero attached hydrogens (tertiary/aromatic N) is 3. The molecule has 0 aliphatic carbocycles. The molecule has 17 heavy (non-hydrogen) atoms. The fraction of sp³-hybridized carbons (Fsp3) is 0.818. The van der Waals surface area contributed by atoms with Crippen molar-refractivity contribution in [1.82, 2.24) is 14.7 Å². The minimum absolute atomic E-state index is 0.0356. The Bertz CT molecular complexity index is 321. The van der Waals surface area contributed by atoms with Crippen molar-refractivity contribution in [3.05, 3.63) is 0 Å². The molecular weight excluding hydrogens is 222 g/mol. The molecule has 2 aliphatic rings. The van der Waals surface area contributed by atoms with Gasteiger partial charge < -0.3 is 19.8 Å². The number of hydrogen-bond acceptors (Lipinski definition) is 2. The summed E-state index contributed by atoms with van der Waals surface area (Å²) in [6.45, 7) is 2.59. The third-order valence-corrected chi connectivity index (χ3v) is 3.57. The summed E-state index contributed by atoms with van der Waals surface area (Å²) in [7, 11) is 1.80. The Morgan fingerprint density at radius 2 is 2.06 bits per heavy atom. The lowest BCUT2D eigenvalue weighted by molar-refractivity contribution is 0.0739. The summed E-state index contributed by atoms with van der Waals surface area (Å²) in [5, 5.41) is 8.98. The van der Waals surface area contributed by atoms with E-state index in [2.05, 4.69) is 0 Å². The Balaban J connectivity index is 2.01. The number of hydrogen-bond donors (Lipinski definition) is 1. The molecule has 1 atom stereocenters. The number of rotatable bonds is 1. The molecule has 6 heteroatoms. The molecule has 2 rings (SSSR count). The maximum Gasteiger partial charge on any atom is 0.407 e. The van der Waals surface area contributed by atoms with Crippen LogP contribution in [0.1, 0.15) is 19.3 Å². The van der Waals surface area contributed by atoms with Crippen molar-refractivity contribution in [2.75, 3.05) is 33.2 Å². The smallest absolute Gasteiger partial charge is 0.407 e. The SMILES string of the molecule is CN1CCCN([C@@H]2CCCN(C(=O)O)C2)C1=O. The zero-order valence-electron chi connectivity index (χ0n) is 10.1. The maximum atomic E-state index is 12.0. The first-order valence-electron chi connectivity index (χ1n) is 6.09. The lowest BCUT2D eigenvalue weighted by Crippen LogP contribution is -2.57. The molecule has 0 spiro atoms. The summed E-state index contributed by atoms with van der Waals surface area (Å²) >= 11 is 0. The van der Waals surface area contributed by atoms with E-state index in [1.807, 2.05) is 4.90 Å². The summed E-state index contributed by atoms with van der Waals surface area (Å²) in [5.74, 6) is 0. The molecular formula is C11H19N3O3. The number of carboxylic acid groups (broad SMARTS) is 1. The molecule has 2 saturated heterocycles. The van der Waals surface area contributed by atoms with Gasteiger partial charge in [0.2, 0.25) is 0 Å². The van der Waals surface area contributed by atoms with E-state index >= 15 is 0 Å². The Labute approximate surface area is 101 Å². The van der Waals surface area contributed by atoms with Crippen LogP contribution in [-0.4, -0.2) is 71.2 Å². The van der Waals surface area contributed by atoms with Gasteiger partial charge in [-0.2, -0.15) is 0 Å². The molecule has 6 nitrogen and oxygen atoms in total. The van der Waals surface area contributed by atoms with Crippen molar-refractivity contribution < 1.29 is 14.7 Å². The first-order chi connectivity index (χ1) is 8.09. The highest BCUT2D eigenvalue weighted by atomic mass is 16.4. The molecule has 0 saturated carbocycles. The molecule has 96 valence electrons. The third-order valence-electron chi connectivity index (χ3n) is 3.57. The monoisotopic (exact) mass is 241 g/mol. The molecule has 0 aromatic carbocycles. The van der Waals surface area contributed by atoms with E-state index in [4.69, 9.17) is 5.11 Å². The number of carbonyl (C=O) groups excluding carboxylic acids is 1. The largest absolute Gasteiger partial charge is 0.465 e. The highest BCUT2D eigenvalue weighted by Gasteiger charge is 2.33. The van der Waals surface area contributed by atoms with E-state index in [1.54, 1.807) is 11.9 Å². The number of carbonyl (C=O) groups is 2. The van der Waals surface area contributed by atoms with Crippen LogP contribution in [-0.2, 0) is 0 Å². The predicted octanol–water partition coefficient (Wildman–Crippen LogP) is 0.886. The van der Waals surface area contributed by atoms with Crippen molar-refractivity contribution in [2.45, 2.75) is 25.3 Å².